The van der Waals surface area contributed by atoms with E-state index >= 15 is 0 Å². The summed E-state index contributed by atoms with van der Waals surface area (Å²) >= 11 is 0. The summed E-state index contributed by atoms with van der Waals surface area (Å²) < 4.78 is 28.0. The lowest BCUT2D eigenvalue weighted by molar-refractivity contribution is -0.142. The van der Waals surface area contributed by atoms with Crippen LogP contribution in [0.2, 0.25) is 0 Å². The Bertz CT molecular complexity index is 991. The van der Waals surface area contributed by atoms with Crippen molar-refractivity contribution in [3.63, 3.8) is 0 Å². The second-order valence-corrected chi connectivity index (χ2v) is 8.53. The van der Waals surface area contributed by atoms with Gasteiger partial charge >= 0.3 is 5.97 Å². The molecule has 0 radical (unpaired) electrons. The number of allylic oxidation sites excluding steroid dienone is 1. The third kappa shape index (κ3) is 4.36. The van der Waals surface area contributed by atoms with Gasteiger partial charge in [-0.05, 0) is 38.7 Å². The number of Topliss-reactive ketones (excluding diaryl/α,β-unsaturated/α-hetero) is 1. The van der Waals surface area contributed by atoms with E-state index in [-0.39, 0.29) is 18.5 Å². The summed E-state index contributed by atoms with van der Waals surface area (Å²) in [6.07, 6.45) is 3.66. The van der Waals surface area contributed by atoms with Crippen molar-refractivity contribution < 1.29 is 33.3 Å². The van der Waals surface area contributed by atoms with E-state index in [9.17, 15) is 9.59 Å². The number of methoxy groups -OCH3 is 3. The van der Waals surface area contributed by atoms with Gasteiger partial charge in [-0.1, -0.05) is 6.07 Å². The van der Waals surface area contributed by atoms with Crippen LogP contribution in [-0.2, 0) is 19.1 Å². The Morgan fingerprint density at radius 1 is 1.06 bits per heavy atom. The van der Waals surface area contributed by atoms with Crippen molar-refractivity contribution in [3.05, 3.63) is 29.0 Å². The molecule has 0 amide bonds. The Labute approximate surface area is 193 Å². The molecule has 1 aliphatic carbocycles. The van der Waals surface area contributed by atoms with Crippen LogP contribution >= 0.6 is 0 Å². The number of carbonyl (C=O) groups is 2. The lowest BCUT2D eigenvalue weighted by Crippen LogP contribution is -2.39. The lowest BCUT2D eigenvalue weighted by Gasteiger charge is -2.36. The van der Waals surface area contributed by atoms with Gasteiger partial charge in [-0.15, -0.1) is 0 Å². The number of nitrogens with zero attached hydrogens (tertiary/aromatic N) is 1. The highest BCUT2D eigenvalue weighted by Crippen LogP contribution is 2.50. The fraction of sp³-hybridized carbons (Fsp3) is 0.560. The van der Waals surface area contributed by atoms with Crippen molar-refractivity contribution in [3.8, 4) is 17.2 Å². The summed E-state index contributed by atoms with van der Waals surface area (Å²) in [5, 5.41) is 0. The van der Waals surface area contributed by atoms with Crippen LogP contribution in [-0.4, -0.2) is 58.1 Å². The van der Waals surface area contributed by atoms with Gasteiger partial charge in [-0.2, -0.15) is 0 Å². The van der Waals surface area contributed by atoms with Gasteiger partial charge in [0.1, 0.15) is 12.4 Å². The average molecular weight is 458 g/mol. The minimum Gasteiger partial charge on any atom is -0.493 e. The fourth-order valence-corrected chi connectivity index (χ4v) is 5.11. The third-order valence-electron chi connectivity index (χ3n) is 6.62. The summed E-state index contributed by atoms with van der Waals surface area (Å²) in [5.74, 6) is -0.198. The van der Waals surface area contributed by atoms with E-state index in [2.05, 4.69) is 0 Å². The van der Waals surface area contributed by atoms with Crippen LogP contribution < -0.4 is 14.2 Å². The molecule has 1 aromatic carbocycles. The molecule has 8 heteroatoms. The van der Waals surface area contributed by atoms with Crippen LogP contribution in [0.3, 0.4) is 0 Å². The summed E-state index contributed by atoms with van der Waals surface area (Å²) in [6.45, 7) is 2.66. The van der Waals surface area contributed by atoms with Crippen LogP contribution in [0, 0.1) is 5.92 Å². The molecule has 1 saturated heterocycles. The number of aliphatic imine (C=N–C) groups is 1. The van der Waals surface area contributed by atoms with Crippen molar-refractivity contribution in [1.82, 2.24) is 0 Å². The number of carbonyl (C=O) groups excluding carboxylic acids is 2. The fourth-order valence-electron chi connectivity index (χ4n) is 5.11. The summed E-state index contributed by atoms with van der Waals surface area (Å²) in [4.78, 5) is 31.2. The molecule has 0 N–H and O–H groups in total. The van der Waals surface area contributed by atoms with E-state index in [1.807, 2.05) is 6.07 Å². The number of hydrogen-bond acceptors (Lipinski definition) is 8. The highest BCUT2D eigenvalue weighted by atomic mass is 16.6. The topological polar surface area (TPSA) is 92.7 Å². The van der Waals surface area contributed by atoms with E-state index < -0.39 is 17.8 Å². The quantitative estimate of drug-likeness (QED) is 0.578. The Kier molecular flexibility index (Phi) is 7.02. The number of ketones is 1. The van der Waals surface area contributed by atoms with Gasteiger partial charge in [0.15, 0.2) is 11.5 Å². The molecule has 1 saturated carbocycles. The van der Waals surface area contributed by atoms with Gasteiger partial charge in [0, 0.05) is 35.9 Å². The number of ether oxygens (including phenoxy) is 5. The molecule has 2 aliphatic heterocycles. The number of esters is 1. The Morgan fingerprint density at radius 3 is 2.52 bits per heavy atom. The van der Waals surface area contributed by atoms with Crippen LogP contribution in [0.25, 0.3) is 0 Å². The zero-order valence-corrected chi connectivity index (χ0v) is 19.6. The summed E-state index contributed by atoms with van der Waals surface area (Å²) in [5.41, 5.74) is 2.42. The van der Waals surface area contributed by atoms with E-state index in [1.165, 1.54) is 14.2 Å². The maximum Gasteiger partial charge on any atom is 0.336 e. The van der Waals surface area contributed by atoms with E-state index in [0.717, 1.165) is 31.4 Å². The standard InChI is InChI=1S/C25H31NO7/c1-14-20(25(28)33-13-15-7-6-12-32-15)21(22-17(26-14)8-5-9-18(22)27)16-10-11-19(29-2)24(31-4)23(16)30-3/h10-11,15,21-22H,5-9,12-13H2,1-4H3/t15-,21+,22+/m1/s1. The largest absolute Gasteiger partial charge is 0.493 e. The SMILES string of the molecule is COc1ccc([C@H]2C(C(=O)OC[C@H]3CCCO3)=C(C)N=C3CCCC(=O)[C@H]32)c(OC)c1OC. The molecule has 3 atom stereocenters. The van der Waals surface area contributed by atoms with Crippen LogP contribution in [0.5, 0.6) is 17.2 Å². The Morgan fingerprint density at radius 2 is 1.85 bits per heavy atom. The molecule has 0 unspecified atom stereocenters. The van der Waals surface area contributed by atoms with Gasteiger partial charge in [0.05, 0.1) is 38.9 Å². The zero-order chi connectivity index (χ0) is 23.5. The van der Waals surface area contributed by atoms with Gasteiger partial charge in [-0.25, -0.2) is 4.79 Å². The van der Waals surface area contributed by atoms with Crippen LogP contribution in [0.4, 0.5) is 0 Å². The molecule has 2 fully saturated rings. The number of rotatable bonds is 7. The molecule has 0 aromatic heterocycles. The normalized spacial score (nSPS) is 24.8. The number of hydrogen-bond donors (Lipinski definition) is 0. The van der Waals surface area contributed by atoms with Crippen molar-refractivity contribution in [2.45, 2.75) is 51.0 Å². The molecular formula is C25H31NO7. The van der Waals surface area contributed by atoms with E-state index in [4.69, 9.17) is 28.7 Å². The molecular weight excluding hydrogens is 426 g/mol. The molecule has 8 nitrogen and oxygen atoms in total. The minimum atomic E-state index is -0.586. The summed E-state index contributed by atoms with van der Waals surface area (Å²) in [6, 6.07) is 3.59. The van der Waals surface area contributed by atoms with Crippen molar-refractivity contribution in [2.75, 3.05) is 34.5 Å². The first-order valence-electron chi connectivity index (χ1n) is 11.4. The predicted octanol–water partition coefficient (Wildman–Crippen LogP) is 3.62. The maximum atomic E-state index is 13.4. The predicted molar refractivity (Wildman–Crippen MR) is 121 cm³/mol. The molecule has 2 heterocycles. The average Bonchev–Trinajstić information content (AvgIpc) is 3.34. The third-order valence-corrected chi connectivity index (χ3v) is 6.62. The van der Waals surface area contributed by atoms with Crippen LogP contribution in [0.15, 0.2) is 28.4 Å². The van der Waals surface area contributed by atoms with Gasteiger partial charge < -0.3 is 23.7 Å². The Hall–Kier alpha value is -2.87. The molecule has 178 valence electrons. The first-order valence-corrected chi connectivity index (χ1v) is 11.4. The molecule has 0 spiro atoms. The minimum absolute atomic E-state index is 0.0683. The monoisotopic (exact) mass is 457 g/mol. The maximum absolute atomic E-state index is 13.4. The van der Waals surface area contributed by atoms with E-state index in [1.54, 1.807) is 20.1 Å². The molecule has 33 heavy (non-hydrogen) atoms. The number of benzene rings is 1. The lowest BCUT2D eigenvalue weighted by atomic mass is 9.69. The first-order chi connectivity index (χ1) is 16.0. The Balaban J connectivity index is 1.80. The molecule has 4 rings (SSSR count). The van der Waals surface area contributed by atoms with Crippen LogP contribution in [0.1, 0.15) is 50.5 Å². The van der Waals surface area contributed by atoms with Crippen molar-refractivity contribution >= 4 is 17.5 Å². The molecule has 3 aliphatic rings. The van der Waals surface area contributed by atoms with Gasteiger partial charge in [-0.3, -0.25) is 9.79 Å². The van der Waals surface area contributed by atoms with Gasteiger partial charge in [0.2, 0.25) is 5.75 Å². The molecule has 0 bridgehead atoms. The first kappa shape index (κ1) is 23.3. The van der Waals surface area contributed by atoms with Crippen molar-refractivity contribution in [2.24, 2.45) is 10.9 Å². The summed E-state index contributed by atoms with van der Waals surface area (Å²) in [7, 11) is 4.61. The van der Waals surface area contributed by atoms with E-state index in [0.29, 0.717) is 47.1 Å². The number of fused-ring (bicyclic) bond motifs is 1. The second kappa shape index (κ2) is 9.95. The highest BCUT2D eigenvalue weighted by molar-refractivity contribution is 6.11. The zero-order valence-electron chi connectivity index (χ0n) is 19.6. The second-order valence-electron chi connectivity index (χ2n) is 8.53. The highest BCUT2D eigenvalue weighted by Gasteiger charge is 2.45. The van der Waals surface area contributed by atoms with Gasteiger partial charge in [0.25, 0.3) is 0 Å². The van der Waals surface area contributed by atoms with Crippen molar-refractivity contribution in [1.29, 1.82) is 0 Å². The smallest absolute Gasteiger partial charge is 0.336 e. The molecule has 1 aromatic rings.